The predicted octanol–water partition coefficient (Wildman–Crippen LogP) is 4.43. The third-order valence-corrected chi connectivity index (χ3v) is 5.34. The molecule has 30 heavy (non-hydrogen) atoms. The molecule has 2 amide bonds. The van der Waals surface area contributed by atoms with Crippen LogP contribution >= 0.6 is 11.3 Å². The Morgan fingerprint density at radius 1 is 1.07 bits per heavy atom. The first-order chi connectivity index (χ1) is 13.9. The third-order valence-electron chi connectivity index (χ3n) is 4.21. The molecule has 2 N–H and O–H groups in total. The van der Waals surface area contributed by atoms with Crippen LogP contribution in [0.3, 0.4) is 0 Å². The summed E-state index contributed by atoms with van der Waals surface area (Å²) in [5, 5.41) is 5.96. The lowest BCUT2D eigenvalue weighted by molar-refractivity contribution is -0.124. The topological polar surface area (TPSA) is 102 Å². The summed E-state index contributed by atoms with van der Waals surface area (Å²) in [6.07, 6.45) is -1.05. The van der Waals surface area contributed by atoms with Crippen molar-refractivity contribution in [1.29, 1.82) is 0 Å². The normalized spacial score (nSPS) is 12.1. The van der Waals surface area contributed by atoms with E-state index in [0.29, 0.717) is 26.7 Å². The van der Waals surface area contributed by atoms with Crippen molar-refractivity contribution in [3.63, 3.8) is 0 Å². The Morgan fingerprint density at radius 3 is 2.33 bits per heavy atom. The molecule has 160 valence electrons. The number of nitrogens with one attached hydrogen (secondary N) is 2. The smallest absolute Gasteiger partial charge is 0.349 e. The highest BCUT2D eigenvalue weighted by molar-refractivity contribution is 7.18. The van der Waals surface area contributed by atoms with Crippen LogP contribution in [0.1, 0.15) is 60.2 Å². The molecule has 0 bridgehead atoms. The number of carbonyl (C=O) groups excluding carboxylic acids is 4. The first-order valence-electron chi connectivity index (χ1n) is 9.43. The molecule has 2 rings (SSSR count). The van der Waals surface area contributed by atoms with Crippen LogP contribution in [0.15, 0.2) is 30.3 Å². The number of anilines is 2. The lowest BCUT2D eigenvalue weighted by Crippen LogP contribution is -2.30. The van der Waals surface area contributed by atoms with Crippen LogP contribution in [0.5, 0.6) is 0 Å². The summed E-state index contributed by atoms with van der Waals surface area (Å²) in [7, 11) is 0. The summed E-state index contributed by atoms with van der Waals surface area (Å²) in [6, 6.07) is 8.21. The molecule has 7 nitrogen and oxygen atoms in total. The van der Waals surface area contributed by atoms with Crippen LogP contribution in [0.4, 0.5) is 10.7 Å². The molecule has 0 saturated heterocycles. The van der Waals surface area contributed by atoms with Gasteiger partial charge < -0.3 is 15.4 Å². The molecule has 0 aliphatic carbocycles. The highest BCUT2D eigenvalue weighted by Gasteiger charge is 2.25. The zero-order valence-corrected chi connectivity index (χ0v) is 18.7. The number of hydrogen-bond donors (Lipinski definition) is 2. The maximum absolute atomic E-state index is 12.5. The minimum Gasteiger partial charge on any atom is -0.448 e. The number of ketones is 1. The fourth-order valence-electron chi connectivity index (χ4n) is 2.37. The molecule has 2 aromatic rings. The van der Waals surface area contributed by atoms with Gasteiger partial charge in [-0.15, -0.1) is 11.3 Å². The second-order valence-corrected chi connectivity index (χ2v) is 9.05. The molecule has 0 aliphatic rings. The van der Waals surface area contributed by atoms with Crippen molar-refractivity contribution in [1.82, 2.24) is 0 Å². The lowest BCUT2D eigenvalue weighted by Gasteiger charge is -2.16. The van der Waals surface area contributed by atoms with Gasteiger partial charge in [0, 0.05) is 16.7 Å². The van der Waals surface area contributed by atoms with Crippen LogP contribution in [-0.2, 0) is 14.3 Å². The quantitative estimate of drug-likeness (QED) is 0.521. The molecular formula is C22H26N2O5S. The second kappa shape index (κ2) is 9.21. The van der Waals surface area contributed by atoms with Crippen LogP contribution in [0.2, 0.25) is 0 Å². The van der Waals surface area contributed by atoms with E-state index in [-0.39, 0.29) is 11.7 Å². The van der Waals surface area contributed by atoms with Gasteiger partial charge in [0.15, 0.2) is 11.9 Å². The Hall–Kier alpha value is -3.00. The van der Waals surface area contributed by atoms with Gasteiger partial charge >= 0.3 is 5.97 Å². The van der Waals surface area contributed by atoms with Crippen molar-refractivity contribution in [2.24, 2.45) is 5.41 Å². The van der Waals surface area contributed by atoms with E-state index in [9.17, 15) is 19.2 Å². The fraction of sp³-hybridized carbons (Fsp3) is 0.364. The zero-order valence-electron chi connectivity index (χ0n) is 17.9. The van der Waals surface area contributed by atoms with Crippen molar-refractivity contribution in [3.05, 3.63) is 46.3 Å². The van der Waals surface area contributed by atoms with Crippen LogP contribution in [-0.4, -0.2) is 29.7 Å². The van der Waals surface area contributed by atoms with E-state index in [0.717, 1.165) is 11.3 Å². The Morgan fingerprint density at radius 2 is 1.73 bits per heavy atom. The summed E-state index contributed by atoms with van der Waals surface area (Å²) >= 11 is 1.10. The molecule has 0 spiro atoms. The van der Waals surface area contributed by atoms with Gasteiger partial charge in [-0.2, -0.15) is 0 Å². The van der Waals surface area contributed by atoms with Gasteiger partial charge in [-0.05, 0) is 44.5 Å². The number of carbonyl (C=O) groups is 4. The maximum Gasteiger partial charge on any atom is 0.349 e. The van der Waals surface area contributed by atoms with Gasteiger partial charge in [-0.3, -0.25) is 14.4 Å². The maximum atomic E-state index is 12.5. The van der Waals surface area contributed by atoms with Crippen LogP contribution in [0.25, 0.3) is 0 Å². The number of benzene rings is 1. The number of thiophene rings is 1. The number of amides is 2. The molecule has 8 heteroatoms. The van der Waals surface area contributed by atoms with E-state index in [1.807, 2.05) is 0 Å². The predicted molar refractivity (Wildman–Crippen MR) is 117 cm³/mol. The summed E-state index contributed by atoms with van der Waals surface area (Å²) in [5.41, 5.74) is 0.993. The van der Waals surface area contributed by atoms with E-state index in [1.165, 1.54) is 13.8 Å². The molecule has 0 radical (unpaired) electrons. The van der Waals surface area contributed by atoms with Crippen molar-refractivity contribution < 1.29 is 23.9 Å². The van der Waals surface area contributed by atoms with E-state index >= 15 is 0 Å². The zero-order chi connectivity index (χ0) is 22.6. The summed E-state index contributed by atoms with van der Waals surface area (Å²) < 4.78 is 5.29. The minimum atomic E-state index is -1.05. The summed E-state index contributed by atoms with van der Waals surface area (Å²) in [5.74, 6) is -1.44. The molecule has 0 fully saturated rings. The SMILES string of the molecule is CC(=O)c1cccc(NC(=O)C(C)OC(=O)c2sc(NC(=O)C(C)(C)C)cc2C)c1. The first kappa shape index (κ1) is 23.3. The largest absolute Gasteiger partial charge is 0.448 e. The summed E-state index contributed by atoms with van der Waals surface area (Å²) in [4.78, 5) is 48.8. The average Bonchev–Trinajstić information content (AvgIpc) is 3.01. The number of Topliss-reactive ketones (excluding diaryl/α,β-unsaturated/α-hetero) is 1. The Kier molecular flexibility index (Phi) is 7.15. The summed E-state index contributed by atoms with van der Waals surface area (Å²) in [6.45, 7) is 10.0. The molecule has 1 atom stereocenters. The second-order valence-electron chi connectivity index (χ2n) is 8.00. The van der Waals surface area contributed by atoms with E-state index in [1.54, 1.807) is 58.0 Å². The fourth-order valence-corrected chi connectivity index (χ4v) is 3.32. The van der Waals surface area contributed by atoms with Crippen molar-refractivity contribution >= 4 is 45.6 Å². The highest BCUT2D eigenvalue weighted by Crippen LogP contribution is 2.29. The van der Waals surface area contributed by atoms with Gasteiger partial charge in [0.25, 0.3) is 5.91 Å². The van der Waals surface area contributed by atoms with E-state index in [2.05, 4.69) is 10.6 Å². The number of esters is 1. The van der Waals surface area contributed by atoms with Gasteiger partial charge in [-0.1, -0.05) is 32.9 Å². The monoisotopic (exact) mass is 430 g/mol. The van der Waals surface area contributed by atoms with Gasteiger partial charge in [0.1, 0.15) is 4.88 Å². The molecule has 1 heterocycles. The molecule has 0 aliphatic heterocycles. The first-order valence-corrected chi connectivity index (χ1v) is 10.2. The molecular weight excluding hydrogens is 404 g/mol. The third kappa shape index (κ3) is 6.00. The van der Waals surface area contributed by atoms with Gasteiger partial charge in [0.2, 0.25) is 5.91 Å². The molecule has 1 aromatic heterocycles. The van der Waals surface area contributed by atoms with E-state index in [4.69, 9.17) is 4.74 Å². The molecule has 1 aromatic carbocycles. The number of ether oxygens (including phenoxy) is 1. The number of hydrogen-bond acceptors (Lipinski definition) is 6. The van der Waals surface area contributed by atoms with Crippen LogP contribution in [0, 0.1) is 12.3 Å². The van der Waals surface area contributed by atoms with Crippen molar-refractivity contribution in [2.75, 3.05) is 10.6 Å². The van der Waals surface area contributed by atoms with Crippen LogP contribution < -0.4 is 10.6 Å². The van der Waals surface area contributed by atoms with Gasteiger partial charge in [0.05, 0.1) is 5.00 Å². The van der Waals surface area contributed by atoms with Crippen molar-refractivity contribution in [2.45, 2.75) is 47.6 Å². The standard InChI is InChI=1S/C22H26N2O5S/c1-12-10-17(24-21(28)22(4,5)6)30-18(12)20(27)29-14(3)19(26)23-16-9-7-8-15(11-16)13(2)25/h7-11,14H,1-6H3,(H,23,26)(H,24,28). The number of aryl methyl sites for hydroxylation is 1. The Balaban J connectivity index is 2.03. The number of rotatable bonds is 6. The minimum absolute atomic E-state index is 0.117. The average molecular weight is 431 g/mol. The van der Waals surface area contributed by atoms with E-state index < -0.39 is 23.4 Å². The van der Waals surface area contributed by atoms with Gasteiger partial charge in [-0.25, -0.2) is 4.79 Å². The van der Waals surface area contributed by atoms with Crippen molar-refractivity contribution in [3.8, 4) is 0 Å². The molecule has 1 unspecified atom stereocenters. The Labute approximate surface area is 179 Å². The Bertz CT molecular complexity index is 988. The molecule has 0 saturated carbocycles. The lowest BCUT2D eigenvalue weighted by atomic mass is 9.96. The highest BCUT2D eigenvalue weighted by atomic mass is 32.1.